The van der Waals surface area contributed by atoms with Gasteiger partial charge in [0.2, 0.25) is 0 Å². The number of nitrogens with one attached hydrogen (secondary N) is 1. The minimum absolute atomic E-state index is 0.158. The van der Waals surface area contributed by atoms with E-state index < -0.39 is 17.8 Å². The number of carbonyl (C=O) groups is 3. The number of carbonyl (C=O) groups excluding carboxylic acids is 3. The number of methoxy groups -OCH3 is 1. The Morgan fingerprint density at radius 1 is 1.00 bits per heavy atom. The van der Waals surface area contributed by atoms with Crippen LogP contribution in [0.15, 0.2) is 64.6 Å². The van der Waals surface area contributed by atoms with Gasteiger partial charge in [0.15, 0.2) is 11.5 Å². The molecule has 1 saturated heterocycles. The predicted molar refractivity (Wildman–Crippen MR) is 149 cm³/mol. The Balaban J connectivity index is 1.64. The first-order chi connectivity index (χ1) is 17.2. The van der Waals surface area contributed by atoms with Gasteiger partial charge in [-0.1, -0.05) is 34.1 Å². The first-order valence-electron chi connectivity index (χ1n) is 10.9. The molecule has 1 aliphatic heterocycles. The Bertz CT molecular complexity index is 1400. The summed E-state index contributed by atoms with van der Waals surface area (Å²) in [5.41, 5.74) is 3.73. The number of nitrogens with zero attached hydrogens (tertiary/aromatic N) is 1. The molecule has 0 radical (unpaired) electrons. The van der Waals surface area contributed by atoms with Crippen LogP contribution >= 0.6 is 38.5 Å². The van der Waals surface area contributed by atoms with Gasteiger partial charge in [-0.15, -0.1) is 0 Å². The molecule has 184 valence electrons. The molecule has 0 aromatic heterocycles. The van der Waals surface area contributed by atoms with E-state index in [1.165, 1.54) is 13.2 Å². The van der Waals surface area contributed by atoms with E-state index in [1.807, 2.05) is 44.2 Å². The summed E-state index contributed by atoms with van der Waals surface area (Å²) in [6.45, 7) is 4.17. The summed E-state index contributed by atoms with van der Waals surface area (Å²) in [7, 11) is 1.52. The van der Waals surface area contributed by atoms with E-state index in [2.05, 4.69) is 43.8 Å². The summed E-state index contributed by atoms with van der Waals surface area (Å²) in [5.74, 6) is -0.447. The van der Waals surface area contributed by atoms with Crippen LogP contribution < -0.4 is 19.7 Å². The average molecular weight is 661 g/mol. The smallest absolute Gasteiger partial charge is 0.335 e. The molecule has 0 atom stereocenters. The quantitative estimate of drug-likeness (QED) is 0.202. The third-order valence-corrected chi connectivity index (χ3v) is 7.04. The number of halogens is 2. The van der Waals surface area contributed by atoms with Crippen LogP contribution in [0, 0.1) is 17.4 Å². The lowest BCUT2D eigenvalue weighted by atomic mass is 10.0. The lowest BCUT2D eigenvalue weighted by Gasteiger charge is -2.27. The van der Waals surface area contributed by atoms with Crippen LogP contribution in [0.2, 0.25) is 0 Å². The van der Waals surface area contributed by atoms with Crippen molar-refractivity contribution in [1.29, 1.82) is 0 Å². The normalized spacial score (nSPS) is 14.8. The minimum Gasteiger partial charge on any atom is -0.493 e. The molecule has 36 heavy (non-hydrogen) atoms. The molecule has 7 nitrogen and oxygen atoms in total. The lowest BCUT2D eigenvalue weighted by Crippen LogP contribution is -2.54. The number of aryl methyl sites for hydroxylation is 2. The molecule has 9 heteroatoms. The molecule has 0 unspecified atom stereocenters. The number of amides is 4. The summed E-state index contributed by atoms with van der Waals surface area (Å²) in [6.07, 6.45) is 1.45. The number of barbiturate groups is 1. The fourth-order valence-electron chi connectivity index (χ4n) is 3.62. The zero-order valence-corrected chi connectivity index (χ0v) is 23.5. The van der Waals surface area contributed by atoms with Gasteiger partial charge in [0, 0.05) is 4.47 Å². The highest BCUT2D eigenvalue weighted by molar-refractivity contribution is 14.1. The third-order valence-electron chi connectivity index (χ3n) is 5.71. The van der Waals surface area contributed by atoms with Gasteiger partial charge in [-0.2, -0.15) is 0 Å². The van der Waals surface area contributed by atoms with Crippen molar-refractivity contribution >= 4 is 68.1 Å². The number of rotatable bonds is 6. The summed E-state index contributed by atoms with van der Waals surface area (Å²) < 4.78 is 13.3. The number of hydrogen-bond acceptors (Lipinski definition) is 5. The molecule has 4 rings (SSSR count). The highest BCUT2D eigenvalue weighted by Crippen LogP contribution is 2.35. The Labute approximate surface area is 230 Å². The fourth-order valence-corrected chi connectivity index (χ4v) is 4.67. The summed E-state index contributed by atoms with van der Waals surface area (Å²) in [4.78, 5) is 39.3. The Kier molecular flexibility index (Phi) is 7.79. The van der Waals surface area contributed by atoms with E-state index in [-0.39, 0.29) is 5.57 Å². The highest BCUT2D eigenvalue weighted by atomic mass is 127. The number of anilines is 1. The molecule has 0 spiro atoms. The van der Waals surface area contributed by atoms with Crippen LogP contribution in [0.4, 0.5) is 10.5 Å². The number of benzene rings is 3. The first kappa shape index (κ1) is 25.9. The van der Waals surface area contributed by atoms with Gasteiger partial charge in [-0.3, -0.25) is 14.9 Å². The van der Waals surface area contributed by atoms with E-state index in [9.17, 15) is 14.4 Å². The van der Waals surface area contributed by atoms with Crippen LogP contribution in [-0.4, -0.2) is 25.0 Å². The number of urea groups is 1. The molecule has 1 heterocycles. The largest absolute Gasteiger partial charge is 0.493 e. The Morgan fingerprint density at radius 3 is 2.39 bits per heavy atom. The Hall–Kier alpha value is -3.18. The Morgan fingerprint density at radius 2 is 1.72 bits per heavy atom. The zero-order chi connectivity index (χ0) is 26.0. The fraction of sp³-hybridized carbons (Fsp3) is 0.148. The second-order valence-electron chi connectivity index (χ2n) is 8.18. The van der Waals surface area contributed by atoms with Crippen LogP contribution in [0.25, 0.3) is 6.08 Å². The topological polar surface area (TPSA) is 84.9 Å². The second kappa shape index (κ2) is 10.8. The van der Waals surface area contributed by atoms with Gasteiger partial charge in [0.25, 0.3) is 11.8 Å². The van der Waals surface area contributed by atoms with Gasteiger partial charge in [-0.25, -0.2) is 9.69 Å². The van der Waals surface area contributed by atoms with Crippen LogP contribution in [0.3, 0.4) is 0 Å². The molecule has 0 aliphatic carbocycles. The summed E-state index contributed by atoms with van der Waals surface area (Å²) >= 11 is 5.54. The van der Waals surface area contributed by atoms with E-state index in [4.69, 9.17) is 9.47 Å². The standard InChI is InChI=1S/C27H22BrIN2O5/c1-15-4-9-20(10-16(15)2)31-26(33)21(25(32)30-27(31)34)11-18-12-22(29)24(23(13-18)35-3)36-14-17-5-7-19(28)8-6-17/h4-13H,14H2,1-3H3,(H,30,32,34)/b21-11+. The van der Waals surface area contributed by atoms with Gasteiger partial charge >= 0.3 is 6.03 Å². The molecule has 1 fully saturated rings. The molecule has 3 aromatic carbocycles. The van der Waals surface area contributed by atoms with Crippen LogP contribution in [0.1, 0.15) is 22.3 Å². The minimum atomic E-state index is -0.783. The van der Waals surface area contributed by atoms with E-state index in [0.717, 1.165) is 29.6 Å². The number of hydrogen-bond donors (Lipinski definition) is 1. The molecule has 3 aromatic rings. The van der Waals surface area contributed by atoms with Crippen molar-refractivity contribution in [3.05, 3.63) is 90.5 Å². The van der Waals surface area contributed by atoms with Crippen molar-refractivity contribution in [1.82, 2.24) is 5.32 Å². The predicted octanol–water partition coefficient (Wildman–Crippen LogP) is 5.92. The van der Waals surface area contributed by atoms with Crippen LogP contribution in [0.5, 0.6) is 11.5 Å². The van der Waals surface area contributed by atoms with Crippen molar-refractivity contribution in [2.24, 2.45) is 0 Å². The molecule has 0 saturated carbocycles. The van der Waals surface area contributed by atoms with Crippen molar-refractivity contribution < 1.29 is 23.9 Å². The molecule has 1 aliphatic rings. The zero-order valence-electron chi connectivity index (χ0n) is 19.7. The lowest BCUT2D eigenvalue weighted by molar-refractivity contribution is -0.122. The average Bonchev–Trinajstić information content (AvgIpc) is 2.84. The maximum Gasteiger partial charge on any atom is 0.335 e. The van der Waals surface area contributed by atoms with Gasteiger partial charge < -0.3 is 9.47 Å². The molecule has 0 bridgehead atoms. The number of imide groups is 2. The van der Waals surface area contributed by atoms with Crippen molar-refractivity contribution in [2.45, 2.75) is 20.5 Å². The maximum absolute atomic E-state index is 13.3. The molecule has 1 N–H and O–H groups in total. The first-order valence-corrected chi connectivity index (χ1v) is 12.8. The van der Waals surface area contributed by atoms with E-state index in [1.54, 1.807) is 24.3 Å². The molecular weight excluding hydrogens is 639 g/mol. The molecular formula is C27H22BrIN2O5. The van der Waals surface area contributed by atoms with Crippen LogP contribution in [-0.2, 0) is 16.2 Å². The van der Waals surface area contributed by atoms with Crippen molar-refractivity contribution in [2.75, 3.05) is 12.0 Å². The number of ether oxygens (including phenoxy) is 2. The van der Waals surface area contributed by atoms with E-state index >= 15 is 0 Å². The van der Waals surface area contributed by atoms with Crippen molar-refractivity contribution in [3.63, 3.8) is 0 Å². The van der Waals surface area contributed by atoms with E-state index in [0.29, 0.717) is 29.4 Å². The van der Waals surface area contributed by atoms with Gasteiger partial charge in [0.1, 0.15) is 12.2 Å². The molecule has 4 amide bonds. The van der Waals surface area contributed by atoms with Gasteiger partial charge in [-0.05, 0) is 101 Å². The monoisotopic (exact) mass is 660 g/mol. The third kappa shape index (κ3) is 5.46. The summed E-state index contributed by atoms with van der Waals surface area (Å²) in [5, 5.41) is 2.26. The second-order valence-corrected chi connectivity index (χ2v) is 10.3. The highest BCUT2D eigenvalue weighted by Gasteiger charge is 2.37. The van der Waals surface area contributed by atoms with Crippen molar-refractivity contribution in [3.8, 4) is 11.5 Å². The maximum atomic E-state index is 13.3. The van der Waals surface area contributed by atoms with Gasteiger partial charge in [0.05, 0.1) is 16.4 Å². The SMILES string of the molecule is COc1cc(/C=C2\C(=O)NC(=O)N(c3ccc(C)c(C)c3)C2=O)cc(I)c1OCc1ccc(Br)cc1. The summed E-state index contributed by atoms with van der Waals surface area (Å²) in [6, 6.07) is 15.7.